The van der Waals surface area contributed by atoms with Crippen LogP contribution in [0, 0.1) is 11.8 Å². The van der Waals surface area contributed by atoms with Crippen molar-refractivity contribution in [1.82, 2.24) is 9.80 Å². The van der Waals surface area contributed by atoms with E-state index in [-0.39, 0.29) is 60.1 Å². The molecule has 1 fully saturated rings. The number of amides is 1. The SMILES string of the molecule is CN(C)[C@@H]1C(=O)C(C(N)=O)=C(O)[C@@]2(O)C(=O)C3=C(O)c4c(O)cc(CN(C)C(C)(C)C)c(Cl)c4C[C@H]3C[C@@H]12.Cl.Cl. The van der Waals surface area contributed by atoms with Gasteiger partial charge in [0.25, 0.3) is 5.91 Å². The predicted octanol–water partition coefficient (Wildman–Crippen LogP) is 2.69. The van der Waals surface area contributed by atoms with Crippen molar-refractivity contribution in [2.75, 3.05) is 21.1 Å². The summed E-state index contributed by atoms with van der Waals surface area (Å²) in [6.45, 7) is 6.52. The molecule has 222 valence electrons. The van der Waals surface area contributed by atoms with Crippen LogP contribution in [0.15, 0.2) is 23.0 Å². The third-order valence-electron chi connectivity index (χ3n) is 8.28. The van der Waals surface area contributed by atoms with Crippen LogP contribution in [-0.2, 0) is 27.3 Å². The lowest BCUT2D eigenvalue weighted by Crippen LogP contribution is -2.65. The minimum atomic E-state index is -2.67. The van der Waals surface area contributed by atoms with Gasteiger partial charge in [0.2, 0.25) is 5.78 Å². The number of hydrogen-bond acceptors (Lipinski definition) is 9. The predicted molar refractivity (Wildman–Crippen MR) is 155 cm³/mol. The van der Waals surface area contributed by atoms with Crippen LogP contribution >= 0.6 is 36.4 Å². The highest BCUT2D eigenvalue weighted by Gasteiger charge is 2.64. The Kier molecular flexibility index (Phi) is 9.44. The molecule has 1 saturated carbocycles. The number of halogens is 3. The van der Waals surface area contributed by atoms with Crippen LogP contribution in [0.25, 0.3) is 5.76 Å². The van der Waals surface area contributed by atoms with E-state index < -0.39 is 58.0 Å². The lowest BCUT2D eigenvalue weighted by molar-refractivity contribution is -0.153. The summed E-state index contributed by atoms with van der Waals surface area (Å²) in [5.74, 6) is -6.88. The molecule has 0 unspecified atom stereocenters. The van der Waals surface area contributed by atoms with Crippen molar-refractivity contribution in [3.8, 4) is 5.75 Å². The smallest absolute Gasteiger partial charge is 0.255 e. The number of ketones is 2. The van der Waals surface area contributed by atoms with Crippen LogP contribution in [0.4, 0.5) is 0 Å². The van der Waals surface area contributed by atoms with Gasteiger partial charge >= 0.3 is 0 Å². The Bertz CT molecular complexity index is 1340. The molecular weight excluding hydrogens is 585 g/mol. The Morgan fingerprint density at radius 2 is 1.73 bits per heavy atom. The lowest BCUT2D eigenvalue weighted by Gasteiger charge is -2.50. The van der Waals surface area contributed by atoms with Gasteiger partial charge in [0.15, 0.2) is 11.4 Å². The molecular formula is C27H36Cl3N3O7. The van der Waals surface area contributed by atoms with E-state index in [0.717, 1.165) is 0 Å². The molecule has 0 aliphatic heterocycles. The number of carbonyl (C=O) groups excluding carboxylic acids is 3. The van der Waals surface area contributed by atoms with Gasteiger partial charge in [-0.05, 0) is 77.9 Å². The second kappa shape index (κ2) is 11.2. The lowest BCUT2D eigenvalue weighted by atomic mass is 9.57. The normalized spacial score (nSPS) is 26.2. The summed E-state index contributed by atoms with van der Waals surface area (Å²) in [6.07, 6.45) is 0.156. The number of aliphatic hydroxyl groups excluding tert-OH is 2. The van der Waals surface area contributed by atoms with Crippen molar-refractivity contribution in [3.05, 3.63) is 44.7 Å². The highest BCUT2D eigenvalue weighted by molar-refractivity contribution is 6.32. The number of primary amides is 1. The number of aromatic hydroxyl groups is 1. The minimum absolute atomic E-state index is 0. The molecule has 3 aliphatic rings. The van der Waals surface area contributed by atoms with Crippen LogP contribution in [0.3, 0.4) is 0 Å². The van der Waals surface area contributed by atoms with Crippen molar-refractivity contribution >= 4 is 59.6 Å². The number of rotatable bonds is 4. The van der Waals surface area contributed by atoms with Gasteiger partial charge in [-0.3, -0.25) is 24.2 Å². The zero-order valence-electron chi connectivity index (χ0n) is 23.1. The molecule has 13 heteroatoms. The number of phenols is 1. The number of fused-ring (bicyclic) bond motifs is 3. The van der Waals surface area contributed by atoms with E-state index in [1.165, 1.54) is 11.0 Å². The first-order valence-electron chi connectivity index (χ1n) is 12.3. The van der Waals surface area contributed by atoms with Gasteiger partial charge in [-0.2, -0.15) is 0 Å². The van der Waals surface area contributed by atoms with Crippen molar-refractivity contribution < 1.29 is 34.8 Å². The van der Waals surface area contributed by atoms with E-state index in [1.807, 2.05) is 27.8 Å². The van der Waals surface area contributed by atoms with Gasteiger partial charge in [0.05, 0.1) is 11.6 Å². The molecule has 1 aromatic carbocycles. The van der Waals surface area contributed by atoms with Gasteiger partial charge in [-0.25, -0.2) is 0 Å². The summed E-state index contributed by atoms with van der Waals surface area (Å²) < 4.78 is 0. The Morgan fingerprint density at radius 1 is 1.15 bits per heavy atom. The average Bonchev–Trinajstić information content (AvgIpc) is 2.78. The molecule has 4 rings (SSSR count). The fourth-order valence-electron chi connectivity index (χ4n) is 5.95. The van der Waals surface area contributed by atoms with E-state index in [4.69, 9.17) is 17.3 Å². The minimum Gasteiger partial charge on any atom is -0.508 e. The molecule has 0 radical (unpaired) electrons. The molecule has 0 saturated heterocycles. The van der Waals surface area contributed by atoms with E-state index >= 15 is 0 Å². The highest BCUT2D eigenvalue weighted by Crippen LogP contribution is 2.53. The van der Waals surface area contributed by atoms with E-state index in [9.17, 15) is 34.8 Å². The zero-order valence-corrected chi connectivity index (χ0v) is 25.5. The fourth-order valence-corrected chi connectivity index (χ4v) is 6.24. The summed E-state index contributed by atoms with van der Waals surface area (Å²) >= 11 is 6.80. The number of likely N-dealkylation sites (N-methyl/N-ethyl adjacent to an activating group) is 1. The van der Waals surface area contributed by atoms with Gasteiger partial charge in [0, 0.05) is 28.6 Å². The summed E-state index contributed by atoms with van der Waals surface area (Å²) in [6, 6.07) is 0.304. The van der Waals surface area contributed by atoms with Crippen LogP contribution in [0.2, 0.25) is 5.02 Å². The first kappa shape index (κ1) is 33.9. The first-order valence-corrected chi connectivity index (χ1v) is 12.7. The molecule has 0 bridgehead atoms. The molecule has 0 heterocycles. The number of aliphatic hydroxyl groups is 3. The summed E-state index contributed by atoms with van der Waals surface area (Å²) in [5.41, 5.74) is 2.52. The molecule has 3 aliphatic carbocycles. The van der Waals surface area contributed by atoms with Crippen molar-refractivity contribution in [3.63, 3.8) is 0 Å². The number of nitrogens with zero attached hydrogens (tertiary/aromatic N) is 2. The Hall–Kier alpha value is -2.34. The van der Waals surface area contributed by atoms with Crippen LogP contribution < -0.4 is 5.73 Å². The third kappa shape index (κ3) is 4.88. The standard InChI is InChI=1S/C27H34ClN3O7.2ClH/c1-26(2,3)31(6)10-12-9-15(32)17-13(19(12)28)7-11-8-14-20(30(4)5)22(34)18(25(29)37)24(36)27(14,38)23(35)16(11)21(17)33;;/h9,11,14,20,32-33,36,38H,7-8,10H2,1-6H3,(H2,29,37);2*1H/t11-,14-,20-,27-;;/m0../s1. The quantitative estimate of drug-likeness (QED) is 0.318. The van der Waals surface area contributed by atoms with E-state index in [0.29, 0.717) is 22.7 Å². The largest absolute Gasteiger partial charge is 0.508 e. The molecule has 10 nitrogen and oxygen atoms in total. The molecule has 4 atom stereocenters. The Labute approximate surface area is 250 Å². The van der Waals surface area contributed by atoms with Gasteiger partial charge in [0.1, 0.15) is 22.8 Å². The summed E-state index contributed by atoms with van der Waals surface area (Å²) in [5, 5.41) is 45.1. The maximum atomic E-state index is 13.8. The Morgan fingerprint density at radius 3 is 2.23 bits per heavy atom. The summed E-state index contributed by atoms with van der Waals surface area (Å²) in [4.78, 5) is 42.6. The second-order valence-corrected chi connectivity index (χ2v) is 12.1. The number of nitrogens with two attached hydrogens (primary N) is 1. The third-order valence-corrected chi connectivity index (χ3v) is 8.75. The highest BCUT2D eigenvalue weighted by atomic mass is 35.5. The van der Waals surface area contributed by atoms with Gasteiger partial charge in [-0.15, -0.1) is 24.8 Å². The van der Waals surface area contributed by atoms with E-state index in [2.05, 4.69) is 4.90 Å². The molecule has 0 spiro atoms. The average molecular weight is 621 g/mol. The molecule has 1 amide bonds. The maximum Gasteiger partial charge on any atom is 0.255 e. The summed E-state index contributed by atoms with van der Waals surface area (Å²) in [7, 11) is 5.03. The zero-order chi connectivity index (χ0) is 28.6. The second-order valence-electron chi connectivity index (χ2n) is 11.7. The first-order chi connectivity index (χ1) is 17.4. The van der Waals surface area contributed by atoms with Crippen LogP contribution in [0.5, 0.6) is 5.75 Å². The van der Waals surface area contributed by atoms with Crippen LogP contribution in [-0.4, -0.2) is 86.0 Å². The van der Waals surface area contributed by atoms with Gasteiger partial charge < -0.3 is 26.2 Å². The van der Waals surface area contributed by atoms with Crippen molar-refractivity contribution in [1.29, 1.82) is 0 Å². The Balaban J connectivity index is 0.00000280. The van der Waals surface area contributed by atoms with Crippen molar-refractivity contribution in [2.45, 2.75) is 57.3 Å². The topological polar surface area (TPSA) is 165 Å². The van der Waals surface area contributed by atoms with E-state index in [1.54, 1.807) is 14.1 Å². The molecule has 1 aromatic rings. The molecule has 40 heavy (non-hydrogen) atoms. The number of Topliss-reactive ketones (excluding diaryl/α,β-unsaturated/α-hetero) is 2. The number of carbonyl (C=O) groups is 3. The van der Waals surface area contributed by atoms with Crippen molar-refractivity contribution in [2.24, 2.45) is 17.6 Å². The number of phenolic OH excluding ortho intramolecular Hbond substituents is 1. The molecule has 0 aromatic heterocycles. The molecule has 6 N–H and O–H groups in total. The monoisotopic (exact) mass is 619 g/mol. The number of benzene rings is 1. The number of hydrogen-bond donors (Lipinski definition) is 5. The van der Waals surface area contributed by atoms with Crippen LogP contribution in [0.1, 0.15) is 43.9 Å². The fraction of sp³-hybridized carbons (Fsp3) is 0.519. The maximum absolute atomic E-state index is 13.8. The van der Waals surface area contributed by atoms with Gasteiger partial charge in [-0.1, -0.05) is 11.6 Å².